The molecule has 1 unspecified atom stereocenters. The van der Waals surface area contributed by atoms with Crippen LogP contribution in [0.15, 0.2) is 0 Å². The van der Waals surface area contributed by atoms with E-state index in [1.54, 1.807) is 0 Å². The summed E-state index contributed by atoms with van der Waals surface area (Å²) in [5, 5.41) is 3.44. The van der Waals surface area contributed by atoms with E-state index in [4.69, 9.17) is 5.73 Å². The molecule has 1 aromatic heterocycles. The Hall–Kier alpha value is -1.47. The molecule has 7 nitrogen and oxygen atoms in total. The minimum Gasteiger partial charge on any atom is -0.368 e. The van der Waals surface area contributed by atoms with Crippen LogP contribution >= 0.6 is 0 Å². The molecule has 7 heteroatoms. The van der Waals surface area contributed by atoms with Crippen LogP contribution in [0.1, 0.15) is 18.7 Å². The Bertz CT molecular complexity index is 429. The monoisotopic (exact) mass is 279 g/mol. The van der Waals surface area contributed by atoms with Gasteiger partial charge in [0, 0.05) is 20.6 Å². The van der Waals surface area contributed by atoms with Gasteiger partial charge in [0.2, 0.25) is 11.9 Å². The highest BCUT2D eigenvalue weighted by atomic mass is 15.3. The van der Waals surface area contributed by atoms with E-state index in [-0.39, 0.29) is 5.95 Å². The van der Waals surface area contributed by atoms with Crippen LogP contribution in [0.5, 0.6) is 0 Å². The second kappa shape index (κ2) is 6.81. The van der Waals surface area contributed by atoms with E-state index in [0.29, 0.717) is 18.4 Å². The molecule has 3 N–H and O–H groups in total. The molecular formula is C13H25N7. The molecule has 0 amide bonds. The van der Waals surface area contributed by atoms with Gasteiger partial charge in [0.25, 0.3) is 0 Å². The number of hydrogen-bond donors (Lipinski definition) is 2. The first kappa shape index (κ1) is 14.9. The third-order valence-corrected chi connectivity index (χ3v) is 3.47. The number of aromatic nitrogens is 3. The Balaban J connectivity index is 1.94. The minimum absolute atomic E-state index is 0.284. The zero-order valence-electron chi connectivity index (χ0n) is 12.6. The van der Waals surface area contributed by atoms with Crippen molar-refractivity contribution in [3.63, 3.8) is 0 Å². The maximum Gasteiger partial charge on any atom is 0.229 e. The molecule has 1 aliphatic heterocycles. The van der Waals surface area contributed by atoms with E-state index in [1.807, 2.05) is 19.0 Å². The van der Waals surface area contributed by atoms with Gasteiger partial charge < -0.3 is 16.0 Å². The fraction of sp³-hybridized carbons (Fsp3) is 0.769. The van der Waals surface area contributed by atoms with Gasteiger partial charge in [-0.15, -0.1) is 0 Å². The number of anilines is 2. The van der Waals surface area contributed by atoms with Crippen LogP contribution in [-0.2, 0) is 6.54 Å². The summed E-state index contributed by atoms with van der Waals surface area (Å²) in [5.41, 5.74) is 5.74. The van der Waals surface area contributed by atoms with E-state index in [1.165, 1.54) is 12.8 Å². The van der Waals surface area contributed by atoms with Crippen molar-refractivity contribution in [3.8, 4) is 0 Å². The third-order valence-electron chi connectivity index (χ3n) is 3.47. The van der Waals surface area contributed by atoms with Crippen LogP contribution in [0.2, 0.25) is 0 Å². The molecule has 0 saturated carbocycles. The number of nitrogens with zero attached hydrogens (tertiary/aromatic N) is 5. The van der Waals surface area contributed by atoms with E-state index in [2.05, 4.69) is 32.2 Å². The van der Waals surface area contributed by atoms with Crippen LogP contribution < -0.4 is 16.0 Å². The van der Waals surface area contributed by atoms with Gasteiger partial charge in [-0.1, -0.05) is 0 Å². The Morgan fingerprint density at radius 2 is 2.05 bits per heavy atom. The van der Waals surface area contributed by atoms with Gasteiger partial charge in [-0.3, -0.25) is 4.90 Å². The largest absolute Gasteiger partial charge is 0.368 e. The van der Waals surface area contributed by atoms with Crippen LogP contribution in [0.4, 0.5) is 11.9 Å². The van der Waals surface area contributed by atoms with E-state index in [0.717, 1.165) is 25.5 Å². The topological polar surface area (TPSA) is 83.2 Å². The Labute approximate surface area is 120 Å². The summed E-state index contributed by atoms with van der Waals surface area (Å²) in [4.78, 5) is 16.9. The van der Waals surface area contributed by atoms with Crippen molar-refractivity contribution in [2.75, 3.05) is 51.4 Å². The summed E-state index contributed by atoms with van der Waals surface area (Å²) in [5.74, 6) is 2.33. The lowest BCUT2D eigenvalue weighted by Gasteiger charge is -2.27. The van der Waals surface area contributed by atoms with Crippen molar-refractivity contribution in [2.24, 2.45) is 5.92 Å². The average molecular weight is 279 g/mol. The summed E-state index contributed by atoms with van der Waals surface area (Å²) in [6.07, 6.45) is 2.56. The fourth-order valence-corrected chi connectivity index (χ4v) is 2.52. The summed E-state index contributed by atoms with van der Waals surface area (Å²) < 4.78 is 0. The molecule has 1 atom stereocenters. The molecule has 1 aliphatic rings. The van der Waals surface area contributed by atoms with Gasteiger partial charge in [0.05, 0.1) is 6.54 Å². The zero-order valence-corrected chi connectivity index (χ0v) is 12.6. The number of hydrogen-bond acceptors (Lipinski definition) is 7. The van der Waals surface area contributed by atoms with Crippen molar-refractivity contribution < 1.29 is 0 Å². The molecule has 0 radical (unpaired) electrons. The molecule has 2 rings (SSSR count). The number of nitrogens with one attached hydrogen (secondary N) is 1. The van der Waals surface area contributed by atoms with Crippen LogP contribution in [0.25, 0.3) is 0 Å². The van der Waals surface area contributed by atoms with Gasteiger partial charge >= 0.3 is 0 Å². The Morgan fingerprint density at radius 3 is 2.70 bits per heavy atom. The lowest BCUT2D eigenvalue weighted by atomic mass is 9.99. The molecule has 112 valence electrons. The molecule has 1 aromatic rings. The normalized spacial score (nSPS) is 19.3. The van der Waals surface area contributed by atoms with Gasteiger partial charge in [0.15, 0.2) is 0 Å². The highest BCUT2D eigenvalue weighted by Crippen LogP contribution is 2.13. The molecule has 0 aliphatic carbocycles. The summed E-state index contributed by atoms with van der Waals surface area (Å²) in [7, 11) is 5.90. The van der Waals surface area contributed by atoms with Crippen molar-refractivity contribution in [3.05, 3.63) is 5.82 Å². The molecule has 20 heavy (non-hydrogen) atoms. The summed E-state index contributed by atoms with van der Waals surface area (Å²) in [6.45, 7) is 4.00. The fourth-order valence-electron chi connectivity index (χ4n) is 2.52. The molecule has 1 fully saturated rings. The second-order valence-electron chi connectivity index (χ2n) is 5.71. The van der Waals surface area contributed by atoms with Crippen LogP contribution in [-0.4, -0.2) is 60.6 Å². The van der Waals surface area contributed by atoms with Crippen molar-refractivity contribution in [1.29, 1.82) is 0 Å². The lowest BCUT2D eigenvalue weighted by molar-refractivity contribution is 0.233. The lowest BCUT2D eigenvalue weighted by Crippen LogP contribution is -2.37. The van der Waals surface area contributed by atoms with Gasteiger partial charge in [-0.05, 0) is 38.9 Å². The highest BCUT2D eigenvalue weighted by Gasteiger charge is 2.16. The maximum absolute atomic E-state index is 5.74. The second-order valence-corrected chi connectivity index (χ2v) is 5.71. The van der Waals surface area contributed by atoms with Crippen LogP contribution in [0, 0.1) is 5.92 Å². The predicted octanol–water partition coefficient (Wildman–Crippen LogP) is -0.0488. The third kappa shape index (κ3) is 4.28. The van der Waals surface area contributed by atoms with Crippen LogP contribution in [0.3, 0.4) is 0 Å². The number of rotatable bonds is 5. The first-order chi connectivity index (χ1) is 9.54. The summed E-state index contributed by atoms with van der Waals surface area (Å²) in [6, 6.07) is 0. The average Bonchev–Trinajstić information content (AvgIpc) is 2.38. The molecule has 0 aromatic carbocycles. The summed E-state index contributed by atoms with van der Waals surface area (Å²) >= 11 is 0. The molecule has 0 spiro atoms. The standard InChI is InChI=1S/C13H25N7/c1-19(2)13-17-11(16-12(14)18-13)9-20(3)8-10-5-4-6-15-7-10/h10,15H,4-9H2,1-3H3,(H2,14,16,17,18). The number of nitrogen functional groups attached to an aromatic ring is 1. The Kier molecular flexibility index (Phi) is 5.08. The van der Waals surface area contributed by atoms with Crippen molar-refractivity contribution in [1.82, 2.24) is 25.2 Å². The SMILES string of the molecule is CN(Cc1nc(N)nc(N(C)C)n1)CC1CCCNC1. The van der Waals surface area contributed by atoms with Gasteiger partial charge in [-0.25, -0.2) is 0 Å². The predicted molar refractivity (Wildman–Crippen MR) is 80.5 cm³/mol. The number of nitrogens with two attached hydrogens (primary N) is 1. The van der Waals surface area contributed by atoms with Crippen molar-refractivity contribution in [2.45, 2.75) is 19.4 Å². The van der Waals surface area contributed by atoms with E-state index < -0.39 is 0 Å². The molecule has 1 saturated heterocycles. The first-order valence-corrected chi connectivity index (χ1v) is 7.11. The first-order valence-electron chi connectivity index (χ1n) is 7.11. The van der Waals surface area contributed by atoms with E-state index >= 15 is 0 Å². The minimum atomic E-state index is 0.284. The number of piperidine rings is 1. The van der Waals surface area contributed by atoms with Gasteiger partial charge in [0.1, 0.15) is 5.82 Å². The zero-order chi connectivity index (χ0) is 14.5. The van der Waals surface area contributed by atoms with Gasteiger partial charge in [-0.2, -0.15) is 15.0 Å². The smallest absolute Gasteiger partial charge is 0.229 e. The quantitative estimate of drug-likeness (QED) is 0.782. The Morgan fingerprint density at radius 1 is 1.25 bits per heavy atom. The molecule has 0 bridgehead atoms. The van der Waals surface area contributed by atoms with E-state index in [9.17, 15) is 0 Å². The molecule has 2 heterocycles. The van der Waals surface area contributed by atoms with Crippen molar-refractivity contribution >= 4 is 11.9 Å². The molecular weight excluding hydrogens is 254 g/mol. The maximum atomic E-state index is 5.74. The highest BCUT2D eigenvalue weighted by molar-refractivity contribution is 5.32.